The van der Waals surface area contributed by atoms with Crippen LogP contribution >= 0.6 is 0 Å². The molecule has 1 radical (unpaired) electrons. The number of carbonyl (C=O) groups excluding carboxylic acids is 7. The molecule has 0 aromatic rings. The summed E-state index contributed by atoms with van der Waals surface area (Å²) in [6.45, 7) is -10.1. The molecule has 27 nitrogen and oxygen atoms in total. The molecule has 0 aromatic heterocycles. The maximum atomic E-state index is 15.1. The van der Waals surface area contributed by atoms with E-state index in [1.165, 1.54) is 26.5 Å². The topological polar surface area (TPSA) is 378 Å². The van der Waals surface area contributed by atoms with E-state index < -0.39 is 218 Å². The first-order chi connectivity index (χ1) is 41.1. The van der Waals surface area contributed by atoms with Crippen molar-refractivity contribution in [3.8, 4) is 0 Å². The third-order valence-electron chi connectivity index (χ3n) is 14.3. The standard InChI is InChI=1S/C45H64F17N9O18S.Gd/c1-24(69-12-10-67(20-30(77)78)8-6-66(19-29(75)76)7-9-68(11-13-69)21-31(79)80)35(84)64-18-27(73)63-5-3-2-4-25(65-28(74)23-88-37-34(83)33(82)32(81)26(22-72)89-37)36(85)70-14-16-71(17-15-70)90(86,87)45(61,62)43(56,57)41(52,53)39(48,49)38(46,47)40(50,51)42(54,55)44(58,59)60;/h24-26,32-34,37,72,81-83H,2-23H2,1H3,(H,63,73)(H,64,84)(H,65,74)(H,75,76)(H,77,78)(H,79,80);/q;+3/p-3/t24?,25?,26-,32-,33+,34+,37?;/m1./s1. The minimum Gasteiger partial charge on any atom is -0.549 e. The predicted octanol–water partition coefficient (Wildman–Crippen LogP) is -6.01. The molecule has 3 unspecified atom stereocenters. The van der Waals surface area contributed by atoms with Crippen LogP contribution in [0.3, 0.4) is 0 Å². The molecule has 0 aliphatic carbocycles. The summed E-state index contributed by atoms with van der Waals surface area (Å²) in [5, 5.41) is 73.1. The first kappa shape index (κ1) is 83.0. The molecular formula is C45H61F17GdN9O18S. The number of alkyl halides is 17. The van der Waals surface area contributed by atoms with Crippen molar-refractivity contribution in [2.24, 2.45) is 0 Å². The number of carboxylic acids is 3. The van der Waals surface area contributed by atoms with E-state index in [0.29, 0.717) is 4.90 Å². The van der Waals surface area contributed by atoms with Gasteiger partial charge in [-0.3, -0.25) is 38.8 Å². The zero-order valence-electron chi connectivity index (χ0n) is 47.0. The fourth-order valence-corrected chi connectivity index (χ4v) is 10.3. The second-order valence-corrected chi connectivity index (χ2v) is 22.5. The van der Waals surface area contributed by atoms with Crippen LogP contribution in [-0.2, 0) is 53.1 Å². The molecule has 3 heterocycles. The number of ether oxygens (including phenoxy) is 2. The Morgan fingerprint density at radius 2 is 1.01 bits per heavy atom. The normalized spacial score (nSPS) is 22.7. The molecule has 0 aromatic carbocycles. The molecular weight excluding hydrogens is 1470 g/mol. The second kappa shape index (κ2) is 33.1. The molecule has 3 saturated heterocycles. The van der Waals surface area contributed by atoms with Gasteiger partial charge in [-0.2, -0.15) is 78.9 Å². The largest absolute Gasteiger partial charge is 3.00 e. The average molecular weight is 1530 g/mol. The van der Waals surface area contributed by atoms with Gasteiger partial charge in [0.1, 0.15) is 37.1 Å². The summed E-state index contributed by atoms with van der Waals surface area (Å²) < 4.78 is 272. The zero-order valence-corrected chi connectivity index (χ0v) is 50.1. The van der Waals surface area contributed by atoms with Crippen molar-refractivity contribution >= 4 is 51.6 Å². The quantitative estimate of drug-likeness (QED) is 0.0271. The van der Waals surface area contributed by atoms with Gasteiger partial charge < -0.3 is 80.5 Å². The molecule has 527 valence electrons. The fraction of sp³-hybridized carbons (Fsp3) is 0.844. The van der Waals surface area contributed by atoms with Crippen LogP contribution in [0.1, 0.15) is 26.2 Å². The number of aliphatic carboxylic acids is 3. The Hall–Kier alpha value is -4.07. The summed E-state index contributed by atoms with van der Waals surface area (Å²) >= 11 is 0. The third kappa shape index (κ3) is 19.6. The Morgan fingerprint density at radius 1 is 0.582 bits per heavy atom. The molecule has 0 spiro atoms. The number of sulfonamides is 1. The number of aliphatic hydroxyl groups is 4. The minimum atomic E-state index is -9.08. The molecule has 91 heavy (non-hydrogen) atoms. The number of halogens is 17. The number of aliphatic hydroxyl groups excluding tert-OH is 4. The van der Waals surface area contributed by atoms with Crippen molar-refractivity contribution in [3.05, 3.63) is 0 Å². The van der Waals surface area contributed by atoms with Gasteiger partial charge in [-0.15, -0.1) is 0 Å². The van der Waals surface area contributed by atoms with Gasteiger partial charge >= 0.3 is 86.9 Å². The number of hydrogen-bond acceptors (Lipinski definition) is 22. The summed E-state index contributed by atoms with van der Waals surface area (Å²) in [5.74, 6) is -61.8. The Bertz CT molecular complexity index is 2580. The van der Waals surface area contributed by atoms with Crippen LogP contribution in [0, 0.1) is 39.9 Å². The van der Waals surface area contributed by atoms with Crippen molar-refractivity contribution in [1.82, 2.24) is 44.8 Å². The van der Waals surface area contributed by atoms with Crippen LogP contribution in [0.5, 0.6) is 0 Å². The van der Waals surface area contributed by atoms with E-state index in [4.69, 9.17) is 9.47 Å². The van der Waals surface area contributed by atoms with E-state index in [-0.39, 0.29) is 112 Å². The van der Waals surface area contributed by atoms with Gasteiger partial charge in [0.25, 0.3) is 10.0 Å². The Balaban J connectivity index is 0.0000282. The van der Waals surface area contributed by atoms with Gasteiger partial charge in [0.2, 0.25) is 23.6 Å². The van der Waals surface area contributed by atoms with Gasteiger partial charge in [0, 0.05) is 105 Å². The number of amides is 4. The second-order valence-electron chi connectivity index (χ2n) is 20.5. The number of nitrogens with one attached hydrogen (secondary N) is 3. The first-order valence-corrected chi connectivity index (χ1v) is 27.8. The number of nitrogens with zero attached hydrogens (tertiary/aromatic N) is 6. The maximum Gasteiger partial charge on any atom is 3.00 e. The van der Waals surface area contributed by atoms with Crippen LogP contribution in [-0.4, -0.2) is 313 Å². The van der Waals surface area contributed by atoms with Crippen molar-refractivity contribution in [2.75, 3.05) is 124 Å². The molecule has 0 bridgehead atoms. The predicted molar refractivity (Wildman–Crippen MR) is 255 cm³/mol. The molecule has 7 N–H and O–H groups in total. The Morgan fingerprint density at radius 3 is 1.44 bits per heavy atom. The first-order valence-electron chi connectivity index (χ1n) is 26.4. The summed E-state index contributed by atoms with van der Waals surface area (Å²) in [6.07, 6.45) is -18.6. The van der Waals surface area contributed by atoms with Crippen molar-refractivity contribution in [1.29, 1.82) is 0 Å². The molecule has 3 aliphatic heterocycles. The fourth-order valence-electron chi connectivity index (χ4n) is 8.91. The van der Waals surface area contributed by atoms with Crippen LogP contribution < -0.4 is 31.3 Å². The number of rotatable bonds is 29. The van der Waals surface area contributed by atoms with E-state index in [1.807, 2.05) is 0 Å². The number of carboxylic acid groups (broad SMARTS) is 3. The van der Waals surface area contributed by atoms with Gasteiger partial charge in [-0.25, -0.2) is 8.42 Å². The minimum absolute atomic E-state index is 0. The molecule has 4 amide bonds. The summed E-state index contributed by atoms with van der Waals surface area (Å²) in [7, 11) is -7.73. The van der Waals surface area contributed by atoms with Gasteiger partial charge in [0.15, 0.2) is 6.29 Å². The van der Waals surface area contributed by atoms with E-state index in [2.05, 4.69) is 16.0 Å². The van der Waals surface area contributed by atoms with Crippen LogP contribution in [0.4, 0.5) is 74.6 Å². The number of hydrogen-bond donors (Lipinski definition) is 7. The zero-order chi connectivity index (χ0) is 69.1. The summed E-state index contributed by atoms with van der Waals surface area (Å²) in [4.78, 5) is 93.7. The molecule has 0 saturated carbocycles. The van der Waals surface area contributed by atoms with Gasteiger partial charge in [-0.1, -0.05) is 0 Å². The van der Waals surface area contributed by atoms with Crippen LogP contribution in [0.25, 0.3) is 0 Å². The van der Waals surface area contributed by atoms with E-state index >= 15 is 8.78 Å². The molecule has 46 heteroatoms. The van der Waals surface area contributed by atoms with Crippen molar-refractivity contribution in [3.63, 3.8) is 0 Å². The summed E-state index contributed by atoms with van der Waals surface area (Å²) in [5.41, 5.74) is 0. The SMILES string of the molecule is CC(C(=O)NCC(=O)NCCCCC(NC(=O)COC1O[C@H](CO)[C@@H](O)[C@H](O)[C@@H]1O)C(=O)N1CCN(S(=O)(=O)C(F)(F)C(F)(F)C(F)(F)C(F)(F)C(F)(F)C(F)(F)C(F)(F)C(F)(F)F)CC1)N1CCN(CC(=O)[O-])CCN(CC(=O)[O-])CCN(CC(=O)[O-])CC1.[Gd+3]. The molecule has 3 rings (SSSR count). The van der Waals surface area contributed by atoms with Crippen LogP contribution in [0.2, 0.25) is 0 Å². The van der Waals surface area contributed by atoms with Crippen LogP contribution in [0.15, 0.2) is 0 Å². The monoisotopic (exact) mass is 1530 g/mol. The number of piperazine rings is 1. The summed E-state index contributed by atoms with van der Waals surface area (Å²) in [6, 6.07) is -2.99. The van der Waals surface area contributed by atoms with E-state index in [0.717, 1.165) is 0 Å². The smallest absolute Gasteiger partial charge is 0.549 e. The van der Waals surface area contributed by atoms with Gasteiger partial charge in [-0.05, 0) is 26.2 Å². The molecule has 3 fully saturated rings. The Kier molecular flexibility index (Phi) is 30.2. The number of carbonyl (C=O) groups is 7. The third-order valence-corrected chi connectivity index (χ3v) is 16.2. The number of unbranched alkanes of at least 4 members (excludes halogenated alkanes) is 1. The Labute approximate surface area is 536 Å². The maximum absolute atomic E-state index is 15.1. The van der Waals surface area contributed by atoms with Crippen molar-refractivity contribution in [2.45, 2.75) is 116 Å². The average Bonchev–Trinajstić information content (AvgIpc) is 0.692. The molecule has 3 aliphatic rings. The van der Waals surface area contributed by atoms with E-state index in [9.17, 15) is 144 Å². The van der Waals surface area contributed by atoms with Crippen molar-refractivity contribution < 1.29 is 202 Å². The van der Waals surface area contributed by atoms with E-state index in [1.54, 1.807) is 0 Å². The molecule has 7 atom stereocenters. The van der Waals surface area contributed by atoms with Gasteiger partial charge in [0.05, 0.1) is 37.1 Å².